The zero-order chi connectivity index (χ0) is 43.1. The van der Waals surface area contributed by atoms with Crippen molar-refractivity contribution in [3.63, 3.8) is 0 Å². The summed E-state index contributed by atoms with van der Waals surface area (Å²) < 4.78 is 57.6. The number of amides is 1. The fourth-order valence-electron chi connectivity index (χ4n) is 7.39. The summed E-state index contributed by atoms with van der Waals surface area (Å²) in [6, 6.07) is -1.73. The lowest BCUT2D eigenvalue weighted by Crippen LogP contribution is -2.70. The van der Waals surface area contributed by atoms with Gasteiger partial charge in [0.25, 0.3) is 0 Å². The van der Waals surface area contributed by atoms with Crippen molar-refractivity contribution in [2.75, 3.05) is 13.7 Å². The SMILES string of the molecule is CO[C@@H]1O[C@@H](C)[C@H](O)[C@@H](O[C@@H]2O[C@@H](C)[C@H](O)[C@@H](O[C@@H]3O[C@@H](C)[C@H](O)[C@@H](O)[C@H]3O)[C@H]2O[C@@H]2O[C@H](CO)[C@@H](O)[C@H](O[C@@H]3O[C@H](C(=O)O)[C@H](O)[C@H](O)[C@H]3O)[C@H]2NC(C)=O)[C@H]1O. The molecule has 5 aliphatic heterocycles. The predicted molar refractivity (Wildman–Crippen MR) is 179 cm³/mol. The summed E-state index contributed by atoms with van der Waals surface area (Å²) >= 11 is 0. The van der Waals surface area contributed by atoms with Crippen molar-refractivity contribution in [1.82, 2.24) is 5.32 Å². The van der Waals surface area contributed by atoms with Crippen LogP contribution < -0.4 is 5.32 Å². The van der Waals surface area contributed by atoms with Crippen molar-refractivity contribution in [3.8, 4) is 0 Å². The third-order valence-corrected chi connectivity index (χ3v) is 10.8. The smallest absolute Gasteiger partial charge is 0.335 e. The van der Waals surface area contributed by atoms with Gasteiger partial charge in [0, 0.05) is 14.0 Å². The van der Waals surface area contributed by atoms with Crippen LogP contribution in [0.5, 0.6) is 0 Å². The molecule has 58 heavy (non-hydrogen) atoms. The second-order valence-corrected chi connectivity index (χ2v) is 14.9. The topological polar surface area (TPSA) is 381 Å². The third kappa shape index (κ3) is 9.59. The molecule has 5 fully saturated rings. The Labute approximate surface area is 330 Å². The number of carboxylic acid groups (broad SMARTS) is 1. The summed E-state index contributed by atoms with van der Waals surface area (Å²) in [6.45, 7) is 4.24. The number of nitrogens with one attached hydrogen (secondary N) is 1. The lowest BCUT2D eigenvalue weighted by atomic mass is 9.94. The third-order valence-electron chi connectivity index (χ3n) is 10.8. The quantitative estimate of drug-likeness (QED) is 0.0867. The number of aliphatic hydroxyl groups is 11. The summed E-state index contributed by atoms with van der Waals surface area (Å²) in [5.41, 5.74) is 0. The van der Waals surface area contributed by atoms with Gasteiger partial charge in [-0.05, 0) is 20.8 Å². The molecule has 1 amide bonds. The Morgan fingerprint density at radius 1 is 0.517 bits per heavy atom. The van der Waals surface area contributed by atoms with Gasteiger partial charge in [-0.25, -0.2) is 4.79 Å². The van der Waals surface area contributed by atoms with Gasteiger partial charge in [0.15, 0.2) is 37.6 Å². The van der Waals surface area contributed by atoms with E-state index in [2.05, 4.69) is 5.32 Å². The molecule has 13 N–H and O–H groups in total. The zero-order valence-electron chi connectivity index (χ0n) is 31.9. The molecule has 5 saturated heterocycles. The highest BCUT2D eigenvalue weighted by atomic mass is 16.8. The van der Waals surface area contributed by atoms with E-state index in [4.69, 9.17) is 47.4 Å². The minimum Gasteiger partial charge on any atom is -0.479 e. The van der Waals surface area contributed by atoms with Gasteiger partial charge < -0.3 is 114 Å². The van der Waals surface area contributed by atoms with Crippen LogP contribution in [0.2, 0.25) is 0 Å². The minimum atomic E-state index is -2.15. The van der Waals surface area contributed by atoms with Crippen molar-refractivity contribution in [3.05, 3.63) is 0 Å². The van der Waals surface area contributed by atoms with Gasteiger partial charge in [-0.1, -0.05) is 0 Å². The first kappa shape index (κ1) is 47.2. The second-order valence-electron chi connectivity index (χ2n) is 14.9. The fraction of sp³-hybridized carbons (Fsp3) is 0.939. The number of aliphatic carboxylic acids is 1. The highest BCUT2D eigenvalue weighted by molar-refractivity contribution is 5.73. The molecule has 0 bridgehead atoms. The van der Waals surface area contributed by atoms with Crippen molar-refractivity contribution >= 4 is 11.9 Å². The molecular weight excluding hydrogens is 794 g/mol. The molecule has 0 aromatic carbocycles. The number of ether oxygens (including phenoxy) is 10. The van der Waals surface area contributed by atoms with Gasteiger partial charge in [0.05, 0.1) is 24.9 Å². The van der Waals surface area contributed by atoms with E-state index in [0.717, 1.165) is 6.92 Å². The summed E-state index contributed by atoms with van der Waals surface area (Å²) in [5.74, 6) is -2.58. The fourth-order valence-corrected chi connectivity index (χ4v) is 7.39. The number of methoxy groups -OCH3 is 1. The van der Waals surface area contributed by atoms with E-state index in [0.29, 0.717) is 0 Å². The van der Waals surface area contributed by atoms with Crippen LogP contribution >= 0.6 is 0 Å². The van der Waals surface area contributed by atoms with Crippen LogP contribution in [-0.2, 0) is 57.0 Å². The summed E-state index contributed by atoms with van der Waals surface area (Å²) in [5, 5.41) is 130. The number of carbonyl (C=O) groups excluding carboxylic acids is 1. The number of carbonyl (C=O) groups is 2. The van der Waals surface area contributed by atoms with Crippen LogP contribution in [0.25, 0.3) is 0 Å². The van der Waals surface area contributed by atoms with Gasteiger partial charge in [0.2, 0.25) is 5.91 Å². The highest BCUT2D eigenvalue weighted by Gasteiger charge is 2.57. The maximum Gasteiger partial charge on any atom is 0.335 e. The molecule has 0 saturated carbocycles. The van der Waals surface area contributed by atoms with Crippen LogP contribution in [0, 0.1) is 0 Å². The Morgan fingerprint density at radius 2 is 1.00 bits per heavy atom. The van der Waals surface area contributed by atoms with Gasteiger partial charge in [0.1, 0.15) is 97.6 Å². The Hall–Kier alpha value is -1.90. The van der Waals surface area contributed by atoms with Gasteiger partial charge >= 0.3 is 5.97 Å². The first-order valence-electron chi connectivity index (χ1n) is 18.6. The Morgan fingerprint density at radius 3 is 1.57 bits per heavy atom. The molecule has 336 valence electrons. The minimum absolute atomic E-state index is 0.822. The van der Waals surface area contributed by atoms with E-state index in [1.165, 1.54) is 27.9 Å². The molecule has 0 spiro atoms. The van der Waals surface area contributed by atoms with E-state index >= 15 is 0 Å². The summed E-state index contributed by atoms with van der Waals surface area (Å²) in [4.78, 5) is 24.5. The number of hydrogen-bond acceptors (Lipinski definition) is 23. The van der Waals surface area contributed by atoms with Crippen molar-refractivity contribution in [1.29, 1.82) is 0 Å². The van der Waals surface area contributed by atoms with Crippen LogP contribution in [0.4, 0.5) is 0 Å². The van der Waals surface area contributed by atoms with Crippen LogP contribution in [0.1, 0.15) is 27.7 Å². The predicted octanol–water partition coefficient (Wildman–Crippen LogP) is -7.95. The number of hydrogen-bond donors (Lipinski definition) is 13. The van der Waals surface area contributed by atoms with Crippen molar-refractivity contribution in [2.45, 2.75) is 181 Å². The maximum absolute atomic E-state index is 12.7. The van der Waals surface area contributed by atoms with Crippen molar-refractivity contribution in [2.24, 2.45) is 0 Å². The Bertz CT molecular complexity index is 1370. The Balaban J connectivity index is 1.54. The molecule has 25 atom stereocenters. The molecule has 5 rings (SSSR count). The second kappa shape index (κ2) is 19.4. The van der Waals surface area contributed by atoms with E-state index in [-0.39, 0.29) is 0 Å². The van der Waals surface area contributed by atoms with Gasteiger partial charge in [-0.15, -0.1) is 0 Å². The molecule has 0 radical (unpaired) electrons. The summed E-state index contributed by atoms with van der Waals surface area (Å²) in [6.07, 6.45) is -41.8. The molecule has 0 aromatic heterocycles. The lowest BCUT2D eigenvalue weighted by molar-refractivity contribution is -0.400. The summed E-state index contributed by atoms with van der Waals surface area (Å²) in [7, 11) is 1.22. The van der Waals surface area contributed by atoms with Gasteiger partial charge in [-0.3, -0.25) is 4.79 Å². The average molecular weight is 850 g/mol. The Kier molecular flexibility index (Phi) is 15.8. The van der Waals surface area contributed by atoms with Gasteiger partial charge in [-0.2, -0.15) is 0 Å². The number of aliphatic hydroxyl groups excluding tert-OH is 11. The standard InChI is InChI=1S/C33H55NO24/c1-7-13(37)17(41)20(44)31(51-7)56-25-15(39)9(3)52-33(55-24-14(38)8(2)50-30(49-5)22(24)46)27(25)58-29-12(34-10(4)36)23(16(40)11(6-35)53-29)54-32-21(45)18(42)19(43)26(57-32)28(47)48/h7-9,11-27,29-33,35,37-46H,6H2,1-5H3,(H,34,36)(H,47,48)/t7-,8-,9-,11+,12+,13-,14-,15-,16+,17+,18-,19+,20+,21+,22+,23+,24+,25+,26-,27+,29-,30+,31-,32+,33-/m0/s1. The lowest BCUT2D eigenvalue weighted by Gasteiger charge is -2.51. The molecule has 0 unspecified atom stereocenters. The molecule has 0 aliphatic carbocycles. The molecule has 5 heterocycles. The maximum atomic E-state index is 12.7. The molecule has 0 aromatic rings. The zero-order valence-corrected chi connectivity index (χ0v) is 31.9. The average Bonchev–Trinajstić information content (AvgIpc) is 3.17. The van der Waals surface area contributed by atoms with Crippen molar-refractivity contribution < 1.29 is 118 Å². The van der Waals surface area contributed by atoms with Crippen LogP contribution in [0.3, 0.4) is 0 Å². The normalized spacial score (nSPS) is 51.6. The van der Waals surface area contributed by atoms with E-state index in [1.54, 1.807) is 0 Å². The number of carboxylic acids is 1. The molecule has 25 heteroatoms. The van der Waals surface area contributed by atoms with E-state index in [1.807, 2.05) is 0 Å². The molecular formula is C33H55NO24. The first-order chi connectivity index (χ1) is 27.2. The van der Waals surface area contributed by atoms with E-state index in [9.17, 15) is 70.9 Å². The van der Waals surface area contributed by atoms with Crippen LogP contribution in [0.15, 0.2) is 0 Å². The monoisotopic (exact) mass is 849 g/mol. The van der Waals surface area contributed by atoms with E-state index < -0.39 is 172 Å². The largest absolute Gasteiger partial charge is 0.479 e. The number of rotatable bonds is 12. The van der Waals surface area contributed by atoms with Crippen LogP contribution in [-0.4, -0.2) is 240 Å². The first-order valence-corrected chi connectivity index (χ1v) is 18.6. The highest BCUT2D eigenvalue weighted by Crippen LogP contribution is 2.37. The molecule has 25 nitrogen and oxygen atoms in total. The molecule has 5 aliphatic rings.